The highest BCUT2D eigenvalue weighted by atomic mass is 32.2. The van der Waals surface area contributed by atoms with E-state index in [2.05, 4.69) is 29.5 Å². The van der Waals surface area contributed by atoms with Crippen LogP contribution in [0.4, 0.5) is 0 Å². The van der Waals surface area contributed by atoms with Crippen LogP contribution in [0.25, 0.3) is 0 Å². The Kier molecular flexibility index (Phi) is 4.67. The molecule has 1 aliphatic carbocycles. The fourth-order valence-corrected chi connectivity index (χ4v) is 3.34. The Bertz CT molecular complexity index is 319. The maximum Gasteiger partial charge on any atom is 0.103 e. The third-order valence-corrected chi connectivity index (χ3v) is 4.89. The van der Waals surface area contributed by atoms with E-state index in [1.807, 2.05) is 11.8 Å². The molecule has 2 nitrogen and oxygen atoms in total. The first-order chi connectivity index (χ1) is 7.74. The van der Waals surface area contributed by atoms with Crippen molar-refractivity contribution in [1.29, 1.82) is 0 Å². The summed E-state index contributed by atoms with van der Waals surface area (Å²) >= 11 is 3.79. The van der Waals surface area contributed by atoms with Gasteiger partial charge in [-0.15, -0.1) is 11.3 Å². The lowest BCUT2D eigenvalue weighted by molar-refractivity contribution is 0.676. The smallest absolute Gasteiger partial charge is 0.103 e. The minimum Gasteiger partial charge on any atom is -0.308 e. The van der Waals surface area contributed by atoms with Gasteiger partial charge in [-0.05, 0) is 24.5 Å². The van der Waals surface area contributed by atoms with E-state index in [0.717, 1.165) is 24.3 Å². The first kappa shape index (κ1) is 12.4. The van der Waals surface area contributed by atoms with E-state index >= 15 is 0 Å². The molecule has 0 radical (unpaired) electrons. The molecule has 0 amide bonds. The van der Waals surface area contributed by atoms with Crippen LogP contribution >= 0.6 is 23.1 Å². The van der Waals surface area contributed by atoms with Crippen LogP contribution in [0, 0.1) is 5.92 Å². The normalized spacial score (nSPS) is 15.9. The molecule has 0 unspecified atom stereocenters. The number of nitrogens with zero attached hydrogens (tertiary/aromatic N) is 1. The molecule has 1 saturated carbocycles. The number of aromatic nitrogens is 1. The summed E-state index contributed by atoms with van der Waals surface area (Å²) in [5.74, 6) is 3.09. The summed E-state index contributed by atoms with van der Waals surface area (Å²) in [7, 11) is 0. The largest absolute Gasteiger partial charge is 0.308 e. The van der Waals surface area contributed by atoms with Crippen molar-refractivity contribution in [3.05, 3.63) is 16.1 Å². The van der Waals surface area contributed by atoms with Crippen molar-refractivity contribution < 1.29 is 0 Å². The van der Waals surface area contributed by atoms with E-state index in [1.54, 1.807) is 11.3 Å². The second-order valence-electron chi connectivity index (χ2n) is 4.80. The molecular weight excluding hydrogens is 236 g/mol. The van der Waals surface area contributed by atoms with Crippen molar-refractivity contribution in [3.63, 3.8) is 0 Å². The zero-order valence-corrected chi connectivity index (χ0v) is 11.7. The number of rotatable bonds is 7. The SMILES string of the molecule is CC(C)CSCc1nc(CNC2CC2)cs1. The molecule has 1 aromatic rings. The van der Waals surface area contributed by atoms with Crippen molar-refractivity contribution in [3.8, 4) is 0 Å². The molecule has 4 heteroatoms. The molecular formula is C12H20N2S2. The molecule has 0 spiro atoms. The summed E-state index contributed by atoms with van der Waals surface area (Å²) < 4.78 is 0. The average molecular weight is 256 g/mol. The predicted octanol–water partition coefficient (Wildman–Crippen LogP) is 3.28. The van der Waals surface area contributed by atoms with Gasteiger partial charge in [-0.25, -0.2) is 4.98 Å². The van der Waals surface area contributed by atoms with Gasteiger partial charge in [-0.3, -0.25) is 0 Å². The molecule has 1 heterocycles. The first-order valence-electron chi connectivity index (χ1n) is 5.98. The van der Waals surface area contributed by atoms with Crippen LogP contribution < -0.4 is 5.32 Å². The summed E-state index contributed by atoms with van der Waals surface area (Å²) in [6.07, 6.45) is 2.70. The molecule has 2 rings (SSSR count). The van der Waals surface area contributed by atoms with Gasteiger partial charge in [0, 0.05) is 23.7 Å². The molecule has 1 aliphatic rings. The molecule has 0 aliphatic heterocycles. The standard InChI is InChI=1S/C12H20N2S2/c1-9(2)6-15-8-12-14-11(7-16-12)5-13-10-3-4-10/h7,9-10,13H,3-6,8H2,1-2H3. The third kappa shape index (κ3) is 4.44. The molecule has 0 atom stereocenters. The summed E-state index contributed by atoms with van der Waals surface area (Å²) in [6.45, 7) is 5.48. The average Bonchev–Trinajstić information content (AvgIpc) is 2.96. The van der Waals surface area contributed by atoms with Crippen molar-refractivity contribution in [1.82, 2.24) is 10.3 Å². The summed E-state index contributed by atoms with van der Waals surface area (Å²) in [6, 6.07) is 0.778. The monoisotopic (exact) mass is 256 g/mol. The van der Waals surface area contributed by atoms with Crippen LogP contribution in [-0.2, 0) is 12.3 Å². The molecule has 16 heavy (non-hydrogen) atoms. The van der Waals surface area contributed by atoms with E-state index in [0.29, 0.717) is 0 Å². The Hall–Kier alpha value is -0.0600. The van der Waals surface area contributed by atoms with Crippen molar-refractivity contribution >= 4 is 23.1 Å². The van der Waals surface area contributed by atoms with Gasteiger partial charge in [0.1, 0.15) is 5.01 Å². The third-order valence-electron chi connectivity index (χ3n) is 2.43. The van der Waals surface area contributed by atoms with Crippen LogP contribution in [0.1, 0.15) is 37.4 Å². The van der Waals surface area contributed by atoms with Crippen molar-refractivity contribution in [2.45, 2.75) is 45.0 Å². The highest BCUT2D eigenvalue weighted by molar-refractivity contribution is 7.98. The molecule has 1 N–H and O–H groups in total. The van der Waals surface area contributed by atoms with Gasteiger partial charge in [-0.2, -0.15) is 11.8 Å². The Labute approximate surface area is 106 Å². The van der Waals surface area contributed by atoms with Crippen LogP contribution in [-0.4, -0.2) is 16.8 Å². The maximum absolute atomic E-state index is 4.64. The zero-order valence-electron chi connectivity index (χ0n) is 10.0. The lowest BCUT2D eigenvalue weighted by Crippen LogP contribution is -2.15. The Morgan fingerprint density at radius 1 is 1.56 bits per heavy atom. The van der Waals surface area contributed by atoms with Gasteiger partial charge < -0.3 is 5.32 Å². The maximum atomic E-state index is 4.64. The highest BCUT2D eigenvalue weighted by Gasteiger charge is 2.20. The zero-order chi connectivity index (χ0) is 11.4. The van der Waals surface area contributed by atoms with E-state index in [9.17, 15) is 0 Å². The molecule has 1 fully saturated rings. The first-order valence-corrected chi connectivity index (χ1v) is 8.02. The minimum atomic E-state index is 0.778. The van der Waals surface area contributed by atoms with E-state index in [4.69, 9.17) is 0 Å². The van der Waals surface area contributed by atoms with Gasteiger partial charge >= 0.3 is 0 Å². The van der Waals surface area contributed by atoms with Crippen LogP contribution in [0.15, 0.2) is 5.38 Å². The summed E-state index contributed by atoms with van der Waals surface area (Å²) in [5, 5.41) is 6.97. The van der Waals surface area contributed by atoms with Gasteiger partial charge in [0.05, 0.1) is 5.69 Å². The van der Waals surface area contributed by atoms with Gasteiger partial charge in [0.15, 0.2) is 0 Å². The second-order valence-corrected chi connectivity index (χ2v) is 6.77. The van der Waals surface area contributed by atoms with E-state index in [1.165, 1.54) is 29.3 Å². The fourth-order valence-electron chi connectivity index (χ4n) is 1.41. The summed E-state index contributed by atoms with van der Waals surface area (Å²) in [5.41, 5.74) is 1.22. The summed E-state index contributed by atoms with van der Waals surface area (Å²) in [4.78, 5) is 4.64. The van der Waals surface area contributed by atoms with Gasteiger partial charge in [0.25, 0.3) is 0 Å². The number of thioether (sulfide) groups is 1. The minimum absolute atomic E-state index is 0.778. The van der Waals surface area contributed by atoms with Crippen LogP contribution in [0.2, 0.25) is 0 Å². The van der Waals surface area contributed by atoms with Crippen molar-refractivity contribution in [2.24, 2.45) is 5.92 Å². The number of hydrogen-bond donors (Lipinski definition) is 1. The molecule has 0 bridgehead atoms. The van der Waals surface area contributed by atoms with E-state index in [-0.39, 0.29) is 0 Å². The lowest BCUT2D eigenvalue weighted by atomic mass is 10.3. The van der Waals surface area contributed by atoms with Crippen LogP contribution in [0.5, 0.6) is 0 Å². The highest BCUT2D eigenvalue weighted by Crippen LogP contribution is 2.21. The Morgan fingerprint density at radius 2 is 2.38 bits per heavy atom. The fraction of sp³-hybridized carbons (Fsp3) is 0.750. The molecule has 90 valence electrons. The van der Waals surface area contributed by atoms with E-state index < -0.39 is 0 Å². The Morgan fingerprint density at radius 3 is 3.06 bits per heavy atom. The Balaban J connectivity index is 1.68. The van der Waals surface area contributed by atoms with Crippen LogP contribution in [0.3, 0.4) is 0 Å². The molecule has 0 aromatic carbocycles. The number of thiazole rings is 1. The number of nitrogens with one attached hydrogen (secondary N) is 1. The lowest BCUT2D eigenvalue weighted by Gasteiger charge is -2.01. The van der Waals surface area contributed by atoms with Crippen molar-refractivity contribution in [2.75, 3.05) is 5.75 Å². The quantitative estimate of drug-likeness (QED) is 0.810. The molecule has 0 saturated heterocycles. The predicted molar refractivity (Wildman–Crippen MR) is 73.0 cm³/mol. The number of hydrogen-bond acceptors (Lipinski definition) is 4. The topological polar surface area (TPSA) is 24.9 Å². The van der Waals surface area contributed by atoms with Gasteiger partial charge in [-0.1, -0.05) is 13.8 Å². The van der Waals surface area contributed by atoms with Gasteiger partial charge in [0.2, 0.25) is 0 Å². The second kappa shape index (κ2) is 6.03. The molecule has 1 aromatic heterocycles.